The van der Waals surface area contributed by atoms with Gasteiger partial charge < -0.3 is 10.1 Å². The number of ether oxygens (including phenoxy) is 1. The predicted octanol–water partition coefficient (Wildman–Crippen LogP) is 4.55. The molecule has 3 aromatic rings. The van der Waals surface area contributed by atoms with E-state index in [9.17, 15) is 10.1 Å². The molecule has 0 aliphatic carbocycles. The first kappa shape index (κ1) is 22.6. The molecule has 7 heteroatoms. The molecular formula is C28H27N5O2. The van der Waals surface area contributed by atoms with E-state index < -0.39 is 11.5 Å². The molecule has 1 spiro atoms. The van der Waals surface area contributed by atoms with E-state index in [-0.39, 0.29) is 5.91 Å². The van der Waals surface area contributed by atoms with Crippen molar-refractivity contribution in [2.75, 3.05) is 18.4 Å². The van der Waals surface area contributed by atoms with Crippen LogP contribution in [0.3, 0.4) is 0 Å². The van der Waals surface area contributed by atoms with Crippen LogP contribution in [0, 0.1) is 17.2 Å². The molecule has 1 saturated heterocycles. The summed E-state index contributed by atoms with van der Waals surface area (Å²) in [4.78, 5) is 20.1. The fraction of sp³-hybridized carbons (Fsp3) is 0.250. The van der Waals surface area contributed by atoms with Crippen LogP contribution in [0.5, 0.6) is 11.5 Å². The SMILES string of the molecule is N#C[C@@H]1C(=O)NC(Nc2ccc(Oc3ccccc3)cc2)=NC12CCN(Cc1ccccc1)CC2. The zero-order chi connectivity index (χ0) is 24.1. The summed E-state index contributed by atoms with van der Waals surface area (Å²) in [6.07, 6.45) is 1.31. The lowest BCUT2D eigenvalue weighted by atomic mass is 9.76. The van der Waals surface area contributed by atoms with Crippen molar-refractivity contribution >= 4 is 17.6 Å². The Kier molecular flexibility index (Phi) is 6.47. The third kappa shape index (κ3) is 5.18. The number of carbonyl (C=O) groups excluding carboxylic acids is 1. The van der Waals surface area contributed by atoms with Gasteiger partial charge in [0.1, 0.15) is 11.5 Å². The number of hydrogen-bond donors (Lipinski definition) is 2. The average Bonchev–Trinajstić information content (AvgIpc) is 2.88. The van der Waals surface area contributed by atoms with Gasteiger partial charge in [0.05, 0.1) is 11.6 Å². The number of guanidine groups is 1. The number of benzene rings is 3. The smallest absolute Gasteiger partial charge is 0.246 e. The molecule has 1 amide bonds. The summed E-state index contributed by atoms with van der Waals surface area (Å²) in [6.45, 7) is 2.41. The second-order valence-electron chi connectivity index (χ2n) is 8.94. The summed E-state index contributed by atoms with van der Waals surface area (Å²) in [5.74, 6) is 0.761. The molecule has 2 aliphatic heterocycles. The molecule has 0 radical (unpaired) electrons. The van der Waals surface area contributed by atoms with Crippen molar-refractivity contribution in [2.45, 2.75) is 24.9 Å². The molecule has 7 nitrogen and oxygen atoms in total. The Bertz CT molecular complexity index is 1230. The van der Waals surface area contributed by atoms with Gasteiger partial charge >= 0.3 is 0 Å². The Morgan fingerprint density at radius 2 is 1.60 bits per heavy atom. The van der Waals surface area contributed by atoms with Crippen LogP contribution in [0.25, 0.3) is 0 Å². The number of nitriles is 1. The maximum Gasteiger partial charge on any atom is 0.246 e. The van der Waals surface area contributed by atoms with Crippen LogP contribution in [-0.2, 0) is 11.3 Å². The van der Waals surface area contributed by atoms with Gasteiger partial charge in [0, 0.05) is 25.3 Å². The molecule has 2 aliphatic rings. The second-order valence-corrected chi connectivity index (χ2v) is 8.94. The highest BCUT2D eigenvalue weighted by atomic mass is 16.5. The average molecular weight is 466 g/mol. The molecule has 0 unspecified atom stereocenters. The van der Waals surface area contributed by atoms with Gasteiger partial charge in [0.25, 0.3) is 0 Å². The number of rotatable bonds is 5. The molecule has 5 rings (SSSR count). The Morgan fingerprint density at radius 1 is 0.971 bits per heavy atom. The quantitative estimate of drug-likeness (QED) is 0.577. The normalized spacial score (nSPS) is 19.3. The molecule has 3 aromatic carbocycles. The summed E-state index contributed by atoms with van der Waals surface area (Å²) in [7, 11) is 0. The maximum atomic E-state index is 12.8. The van der Waals surface area contributed by atoms with Gasteiger partial charge in [0.15, 0.2) is 5.92 Å². The number of hydrogen-bond acceptors (Lipinski definition) is 6. The summed E-state index contributed by atoms with van der Waals surface area (Å²) in [5.41, 5.74) is 1.31. The van der Waals surface area contributed by atoms with Crippen LogP contribution in [0.4, 0.5) is 5.69 Å². The zero-order valence-corrected chi connectivity index (χ0v) is 19.4. The number of anilines is 1. The molecule has 1 atom stereocenters. The van der Waals surface area contributed by atoms with Crippen LogP contribution < -0.4 is 15.4 Å². The van der Waals surface area contributed by atoms with E-state index in [0.29, 0.717) is 24.6 Å². The molecular weight excluding hydrogens is 438 g/mol. The number of likely N-dealkylation sites (tertiary alicyclic amines) is 1. The van der Waals surface area contributed by atoms with Gasteiger partial charge in [0.2, 0.25) is 11.9 Å². The third-order valence-corrected chi connectivity index (χ3v) is 6.57. The van der Waals surface area contributed by atoms with Crippen molar-refractivity contribution < 1.29 is 9.53 Å². The Balaban J connectivity index is 1.27. The molecule has 2 heterocycles. The van der Waals surface area contributed by atoms with Gasteiger partial charge in [-0.05, 0) is 54.8 Å². The number of amides is 1. The van der Waals surface area contributed by atoms with Crippen molar-refractivity contribution in [3.63, 3.8) is 0 Å². The van der Waals surface area contributed by atoms with Gasteiger partial charge in [-0.3, -0.25) is 15.0 Å². The lowest BCUT2D eigenvalue weighted by Crippen LogP contribution is -2.58. The summed E-state index contributed by atoms with van der Waals surface area (Å²) in [6, 6.07) is 29.6. The van der Waals surface area contributed by atoms with Crippen molar-refractivity contribution in [1.29, 1.82) is 5.26 Å². The third-order valence-electron chi connectivity index (χ3n) is 6.57. The number of piperidine rings is 1. The molecule has 2 N–H and O–H groups in total. The highest BCUT2D eigenvalue weighted by Gasteiger charge is 2.48. The van der Waals surface area contributed by atoms with Gasteiger partial charge in [-0.15, -0.1) is 0 Å². The lowest BCUT2D eigenvalue weighted by molar-refractivity contribution is -0.125. The zero-order valence-electron chi connectivity index (χ0n) is 19.4. The fourth-order valence-corrected chi connectivity index (χ4v) is 4.69. The van der Waals surface area contributed by atoms with Crippen LogP contribution in [-0.4, -0.2) is 35.4 Å². The summed E-state index contributed by atoms with van der Waals surface area (Å²) >= 11 is 0. The highest BCUT2D eigenvalue weighted by Crippen LogP contribution is 2.36. The standard InChI is InChI=1S/C28H27N5O2/c29-19-25-26(34)31-27(30-22-11-13-24(14-12-22)35-23-9-5-2-6-10-23)32-28(25)15-17-33(18-16-28)20-21-7-3-1-4-8-21/h1-14,25H,15-18,20H2,(H2,30,31,32,34)/t25-/m1/s1. The first-order valence-electron chi connectivity index (χ1n) is 11.8. The molecule has 176 valence electrons. The molecule has 35 heavy (non-hydrogen) atoms. The van der Waals surface area contributed by atoms with Crippen molar-refractivity contribution in [3.8, 4) is 17.6 Å². The topological polar surface area (TPSA) is 89.8 Å². The van der Waals surface area contributed by atoms with Crippen molar-refractivity contribution in [3.05, 3.63) is 90.5 Å². The molecule has 0 aromatic heterocycles. The van der Waals surface area contributed by atoms with Crippen molar-refractivity contribution in [1.82, 2.24) is 10.2 Å². The first-order valence-corrected chi connectivity index (χ1v) is 11.8. The maximum absolute atomic E-state index is 12.8. The van der Waals surface area contributed by atoms with E-state index in [4.69, 9.17) is 9.73 Å². The van der Waals surface area contributed by atoms with Gasteiger partial charge in [-0.1, -0.05) is 48.5 Å². The number of carbonyl (C=O) groups is 1. The Hall–Kier alpha value is -4.15. The molecule has 1 fully saturated rings. The highest BCUT2D eigenvalue weighted by molar-refractivity contribution is 6.07. The van der Waals surface area contributed by atoms with Crippen LogP contribution >= 0.6 is 0 Å². The molecule has 0 saturated carbocycles. The Labute approximate surface area is 205 Å². The van der Waals surface area contributed by atoms with Crippen LogP contribution in [0.2, 0.25) is 0 Å². The van der Waals surface area contributed by atoms with Gasteiger partial charge in [-0.2, -0.15) is 5.26 Å². The second kappa shape index (κ2) is 10.00. The minimum absolute atomic E-state index is 0.300. The predicted molar refractivity (Wildman–Crippen MR) is 135 cm³/mol. The fourth-order valence-electron chi connectivity index (χ4n) is 4.69. The Morgan fingerprint density at radius 3 is 2.26 bits per heavy atom. The van der Waals surface area contributed by atoms with E-state index >= 15 is 0 Å². The minimum Gasteiger partial charge on any atom is -0.457 e. The summed E-state index contributed by atoms with van der Waals surface area (Å²) < 4.78 is 5.84. The lowest BCUT2D eigenvalue weighted by Gasteiger charge is -2.43. The van der Waals surface area contributed by atoms with E-state index in [0.717, 1.165) is 31.1 Å². The van der Waals surface area contributed by atoms with Crippen LogP contribution in [0.1, 0.15) is 18.4 Å². The molecule has 0 bridgehead atoms. The van der Waals surface area contributed by atoms with E-state index in [1.54, 1.807) is 0 Å². The number of nitrogens with one attached hydrogen (secondary N) is 2. The van der Waals surface area contributed by atoms with Gasteiger partial charge in [-0.25, -0.2) is 4.99 Å². The number of aliphatic imine (C=N–C) groups is 1. The van der Waals surface area contributed by atoms with E-state index in [1.807, 2.05) is 72.8 Å². The number of nitrogens with zero attached hydrogens (tertiary/aromatic N) is 3. The largest absolute Gasteiger partial charge is 0.457 e. The number of para-hydroxylation sites is 1. The monoisotopic (exact) mass is 465 g/mol. The van der Waals surface area contributed by atoms with E-state index in [2.05, 4.69) is 33.7 Å². The van der Waals surface area contributed by atoms with E-state index in [1.165, 1.54) is 5.56 Å². The minimum atomic E-state index is -0.798. The van der Waals surface area contributed by atoms with Crippen molar-refractivity contribution in [2.24, 2.45) is 10.9 Å². The van der Waals surface area contributed by atoms with Crippen LogP contribution in [0.15, 0.2) is 89.9 Å². The summed E-state index contributed by atoms with van der Waals surface area (Å²) in [5, 5.41) is 15.8. The first-order chi connectivity index (χ1) is 17.1.